The topological polar surface area (TPSA) is 85.1 Å². The summed E-state index contributed by atoms with van der Waals surface area (Å²) in [4.78, 5) is 26.8. The average molecular weight is 338 g/mol. The third-order valence-electron chi connectivity index (χ3n) is 2.49. The number of hydrogen-bond acceptors (Lipinski definition) is 3. The Hall–Kier alpha value is -2.28. The first-order valence-corrected chi connectivity index (χ1v) is 6.29. The molecule has 2 rings (SSSR count). The zero-order chi connectivity index (χ0) is 14.7. The average Bonchev–Trinajstić information content (AvgIpc) is 2.41. The summed E-state index contributed by atoms with van der Waals surface area (Å²) in [5.41, 5.74) is 5.35. The van der Waals surface area contributed by atoms with Crippen molar-refractivity contribution in [3.8, 4) is 0 Å². The van der Waals surface area contributed by atoms with Crippen molar-refractivity contribution in [3.63, 3.8) is 0 Å². The van der Waals surface area contributed by atoms with Gasteiger partial charge in [0.2, 0.25) is 5.91 Å². The number of halogens is 2. The summed E-state index contributed by atoms with van der Waals surface area (Å²) >= 11 is 3.14. The molecule has 0 saturated heterocycles. The summed E-state index contributed by atoms with van der Waals surface area (Å²) in [6.45, 7) is 0. The van der Waals surface area contributed by atoms with Crippen LogP contribution in [0.15, 0.2) is 41.1 Å². The van der Waals surface area contributed by atoms with Gasteiger partial charge in [-0.3, -0.25) is 9.59 Å². The van der Waals surface area contributed by atoms with Gasteiger partial charge in [0.25, 0.3) is 5.91 Å². The number of pyridine rings is 1. The van der Waals surface area contributed by atoms with Gasteiger partial charge in [-0.2, -0.15) is 0 Å². The van der Waals surface area contributed by atoms with E-state index in [1.54, 1.807) is 6.07 Å². The van der Waals surface area contributed by atoms with Crippen molar-refractivity contribution in [2.24, 2.45) is 5.73 Å². The Kier molecular flexibility index (Phi) is 4.09. The predicted molar refractivity (Wildman–Crippen MR) is 74.8 cm³/mol. The maximum atomic E-state index is 13.6. The summed E-state index contributed by atoms with van der Waals surface area (Å²) in [5, 5.41) is 2.36. The highest BCUT2D eigenvalue weighted by Gasteiger charge is 2.12. The van der Waals surface area contributed by atoms with E-state index in [1.165, 1.54) is 24.4 Å². The lowest BCUT2D eigenvalue weighted by Gasteiger charge is -2.07. The van der Waals surface area contributed by atoms with Gasteiger partial charge in [-0.1, -0.05) is 0 Å². The summed E-state index contributed by atoms with van der Waals surface area (Å²) in [6, 6.07) is 6.61. The Balaban J connectivity index is 2.25. The Bertz CT molecular complexity index is 674. The number of benzene rings is 1. The quantitative estimate of drug-likeness (QED) is 0.843. The summed E-state index contributed by atoms with van der Waals surface area (Å²) in [7, 11) is 0. The molecule has 5 nitrogen and oxygen atoms in total. The van der Waals surface area contributed by atoms with Crippen LogP contribution in [0, 0.1) is 5.82 Å². The number of nitrogens with two attached hydrogens (primary N) is 1. The molecule has 0 aliphatic heterocycles. The number of primary amides is 1. The lowest BCUT2D eigenvalue weighted by Crippen LogP contribution is -2.15. The van der Waals surface area contributed by atoms with Crippen molar-refractivity contribution >= 4 is 33.4 Å². The molecule has 1 heterocycles. The molecule has 0 radical (unpaired) electrons. The third kappa shape index (κ3) is 3.18. The molecule has 2 amide bonds. The van der Waals surface area contributed by atoms with Crippen molar-refractivity contribution in [1.29, 1.82) is 0 Å². The number of carbonyl (C=O) groups excluding carboxylic acids is 2. The van der Waals surface area contributed by atoms with E-state index in [-0.39, 0.29) is 16.8 Å². The molecular weight excluding hydrogens is 329 g/mol. The molecule has 20 heavy (non-hydrogen) atoms. The maximum absolute atomic E-state index is 13.6. The van der Waals surface area contributed by atoms with E-state index >= 15 is 0 Å². The molecule has 0 atom stereocenters. The first-order valence-electron chi connectivity index (χ1n) is 5.49. The Morgan fingerprint density at radius 3 is 2.50 bits per heavy atom. The van der Waals surface area contributed by atoms with Crippen LogP contribution in [0.1, 0.15) is 20.7 Å². The number of anilines is 1. The molecule has 1 aromatic carbocycles. The summed E-state index contributed by atoms with van der Waals surface area (Å²) in [5.74, 6) is -1.90. The van der Waals surface area contributed by atoms with Crippen LogP contribution in [0.3, 0.4) is 0 Å². The minimum atomic E-state index is -0.703. The number of aromatic nitrogens is 1. The minimum Gasteiger partial charge on any atom is -0.366 e. The van der Waals surface area contributed by atoms with Gasteiger partial charge in [-0.05, 0) is 46.3 Å². The van der Waals surface area contributed by atoms with E-state index in [4.69, 9.17) is 5.73 Å². The normalized spacial score (nSPS) is 10.1. The van der Waals surface area contributed by atoms with Crippen molar-refractivity contribution in [1.82, 2.24) is 4.98 Å². The first kappa shape index (κ1) is 14.1. The van der Waals surface area contributed by atoms with Crippen LogP contribution in [0.25, 0.3) is 0 Å². The van der Waals surface area contributed by atoms with E-state index in [0.29, 0.717) is 4.60 Å². The monoisotopic (exact) mass is 337 g/mol. The first-order chi connectivity index (χ1) is 9.47. The fraction of sp³-hybridized carbons (Fsp3) is 0. The fourth-order valence-corrected chi connectivity index (χ4v) is 1.71. The number of hydrogen-bond donors (Lipinski definition) is 2. The summed E-state index contributed by atoms with van der Waals surface area (Å²) in [6.07, 6.45) is 1.34. The Morgan fingerprint density at radius 1 is 1.20 bits per heavy atom. The highest BCUT2D eigenvalue weighted by Crippen LogP contribution is 2.17. The van der Waals surface area contributed by atoms with Gasteiger partial charge < -0.3 is 11.1 Å². The second-order valence-electron chi connectivity index (χ2n) is 3.88. The molecule has 0 unspecified atom stereocenters. The van der Waals surface area contributed by atoms with Gasteiger partial charge in [-0.25, -0.2) is 9.37 Å². The van der Waals surface area contributed by atoms with Gasteiger partial charge in [0, 0.05) is 11.8 Å². The molecule has 1 aromatic heterocycles. The second-order valence-corrected chi connectivity index (χ2v) is 4.70. The largest absolute Gasteiger partial charge is 0.366 e. The molecule has 102 valence electrons. The maximum Gasteiger partial charge on any atom is 0.257 e. The van der Waals surface area contributed by atoms with Crippen molar-refractivity contribution < 1.29 is 14.0 Å². The summed E-state index contributed by atoms with van der Waals surface area (Å²) < 4.78 is 14.2. The Labute approximate surface area is 122 Å². The Morgan fingerprint density at radius 2 is 1.90 bits per heavy atom. The minimum absolute atomic E-state index is 0.107. The fourth-order valence-electron chi connectivity index (χ4n) is 1.48. The van der Waals surface area contributed by atoms with E-state index in [0.717, 1.165) is 6.07 Å². The molecule has 0 spiro atoms. The molecule has 0 bridgehead atoms. The van der Waals surface area contributed by atoms with Crippen LogP contribution < -0.4 is 11.1 Å². The number of nitrogens with one attached hydrogen (secondary N) is 1. The number of rotatable bonds is 3. The smallest absolute Gasteiger partial charge is 0.257 e. The molecule has 0 aliphatic carbocycles. The van der Waals surface area contributed by atoms with Gasteiger partial charge in [0.1, 0.15) is 10.4 Å². The van der Waals surface area contributed by atoms with Crippen LogP contribution in [-0.4, -0.2) is 16.8 Å². The SMILES string of the molecule is NC(=O)c1ccc(F)c(NC(=O)c2ccc(Br)nc2)c1. The van der Waals surface area contributed by atoms with Crippen LogP contribution in [0.5, 0.6) is 0 Å². The van der Waals surface area contributed by atoms with E-state index in [2.05, 4.69) is 26.2 Å². The van der Waals surface area contributed by atoms with Gasteiger partial charge in [0.15, 0.2) is 0 Å². The molecule has 3 N–H and O–H groups in total. The number of nitrogens with zero attached hydrogens (tertiary/aromatic N) is 1. The predicted octanol–water partition coefficient (Wildman–Crippen LogP) is 2.33. The van der Waals surface area contributed by atoms with Gasteiger partial charge >= 0.3 is 0 Å². The molecule has 0 saturated carbocycles. The van der Waals surface area contributed by atoms with Crippen molar-refractivity contribution in [2.75, 3.05) is 5.32 Å². The lowest BCUT2D eigenvalue weighted by atomic mass is 10.1. The van der Waals surface area contributed by atoms with Crippen LogP contribution in [0.4, 0.5) is 10.1 Å². The number of amides is 2. The zero-order valence-electron chi connectivity index (χ0n) is 10.1. The van der Waals surface area contributed by atoms with Gasteiger partial charge in [0.05, 0.1) is 11.3 Å². The van der Waals surface area contributed by atoms with Gasteiger partial charge in [-0.15, -0.1) is 0 Å². The van der Waals surface area contributed by atoms with Crippen molar-refractivity contribution in [2.45, 2.75) is 0 Å². The second kappa shape index (κ2) is 5.79. The van der Waals surface area contributed by atoms with Crippen LogP contribution in [0.2, 0.25) is 0 Å². The molecular formula is C13H9BrFN3O2. The highest BCUT2D eigenvalue weighted by atomic mass is 79.9. The highest BCUT2D eigenvalue weighted by molar-refractivity contribution is 9.10. The zero-order valence-corrected chi connectivity index (χ0v) is 11.6. The van der Waals surface area contributed by atoms with E-state index < -0.39 is 17.6 Å². The lowest BCUT2D eigenvalue weighted by molar-refractivity contribution is 0.0996. The third-order valence-corrected chi connectivity index (χ3v) is 2.96. The van der Waals surface area contributed by atoms with E-state index in [1.807, 2.05) is 0 Å². The van der Waals surface area contributed by atoms with Crippen molar-refractivity contribution in [3.05, 3.63) is 58.1 Å². The standard InChI is InChI=1S/C13H9BrFN3O2/c14-11-4-2-8(6-17-11)13(20)18-10-5-7(12(16)19)1-3-9(10)15/h1-6H,(H2,16,19)(H,18,20). The van der Waals surface area contributed by atoms with Crippen LogP contribution in [-0.2, 0) is 0 Å². The van der Waals surface area contributed by atoms with Crippen LogP contribution >= 0.6 is 15.9 Å². The molecule has 7 heteroatoms. The molecule has 0 aliphatic rings. The molecule has 0 fully saturated rings. The number of carbonyl (C=O) groups is 2. The molecule has 2 aromatic rings. The van der Waals surface area contributed by atoms with E-state index in [9.17, 15) is 14.0 Å².